The van der Waals surface area contributed by atoms with Gasteiger partial charge in [0.15, 0.2) is 0 Å². The van der Waals surface area contributed by atoms with Crippen molar-refractivity contribution in [2.24, 2.45) is 5.73 Å². The van der Waals surface area contributed by atoms with Gasteiger partial charge in [-0.1, -0.05) is 12.1 Å². The van der Waals surface area contributed by atoms with Crippen LogP contribution in [0.1, 0.15) is 17.0 Å². The van der Waals surface area contributed by atoms with Crippen LogP contribution in [-0.4, -0.2) is 15.4 Å². The molecule has 1 aromatic heterocycles. The molecule has 16 heavy (non-hydrogen) atoms. The lowest BCUT2D eigenvalue weighted by Crippen LogP contribution is -2.14. The van der Waals surface area contributed by atoms with Crippen LogP contribution in [0.5, 0.6) is 0 Å². The van der Waals surface area contributed by atoms with Gasteiger partial charge in [-0.15, -0.1) is 0 Å². The molecule has 2 rings (SSSR count). The molecule has 0 bridgehead atoms. The van der Waals surface area contributed by atoms with Gasteiger partial charge in [0, 0.05) is 11.3 Å². The van der Waals surface area contributed by atoms with Crippen molar-refractivity contribution in [3.8, 4) is 5.69 Å². The Morgan fingerprint density at radius 1 is 1.31 bits per heavy atom. The molecule has 1 heterocycles. The average molecular weight is 214 g/mol. The van der Waals surface area contributed by atoms with Crippen molar-refractivity contribution in [1.29, 1.82) is 5.41 Å². The van der Waals surface area contributed by atoms with Crippen molar-refractivity contribution in [3.63, 3.8) is 0 Å². The van der Waals surface area contributed by atoms with Crippen molar-refractivity contribution >= 4 is 5.84 Å². The maximum absolute atomic E-state index is 7.55. The monoisotopic (exact) mass is 214 g/mol. The van der Waals surface area contributed by atoms with Gasteiger partial charge in [-0.3, -0.25) is 5.41 Å². The van der Waals surface area contributed by atoms with Crippen LogP contribution in [0, 0.1) is 19.3 Å². The zero-order chi connectivity index (χ0) is 11.7. The lowest BCUT2D eigenvalue weighted by atomic mass is 10.1. The van der Waals surface area contributed by atoms with Crippen LogP contribution in [0.4, 0.5) is 0 Å². The van der Waals surface area contributed by atoms with Gasteiger partial charge in [0.1, 0.15) is 5.84 Å². The Morgan fingerprint density at radius 2 is 2.00 bits per heavy atom. The number of amidine groups is 1. The number of aromatic nitrogens is 2. The van der Waals surface area contributed by atoms with Crippen LogP contribution in [0.3, 0.4) is 0 Å². The van der Waals surface area contributed by atoms with E-state index in [9.17, 15) is 0 Å². The average Bonchev–Trinajstić information content (AvgIpc) is 2.60. The fourth-order valence-corrected chi connectivity index (χ4v) is 1.65. The number of nitrogen functional groups attached to an aromatic ring is 1. The van der Waals surface area contributed by atoms with Gasteiger partial charge in [0.25, 0.3) is 0 Å². The second kappa shape index (κ2) is 3.81. The van der Waals surface area contributed by atoms with E-state index in [0.717, 1.165) is 22.6 Å². The molecule has 0 radical (unpaired) electrons. The number of nitrogens with two attached hydrogens (primary N) is 1. The summed E-state index contributed by atoms with van der Waals surface area (Å²) in [7, 11) is 0. The third kappa shape index (κ3) is 1.58. The summed E-state index contributed by atoms with van der Waals surface area (Å²) in [5.74, 6) is 0.0707. The number of nitrogens with zero attached hydrogens (tertiary/aromatic N) is 2. The first kappa shape index (κ1) is 10.4. The standard InChI is InChI=1S/C12H14N4/c1-8-9(2)16(7-15-8)11-6-4-3-5-10(11)12(13)14/h3-7H,1-2H3,(H3,13,14). The largest absolute Gasteiger partial charge is 0.384 e. The lowest BCUT2D eigenvalue weighted by molar-refractivity contribution is 0.996. The summed E-state index contributed by atoms with van der Waals surface area (Å²) >= 11 is 0. The highest BCUT2D eigenvalue weighted by atomic mass is 15.1. The highest BCUT2D eigenvalue weighted by Crippen LogP contribution is 2.17. The van der Waals surface area contributed by atoms with Gasteiger partial charge in [0.05, 0.1) is 17.7 Å². The van der Waals surface area contributed by atoms with E-state index in [1.54, 1.807) is 6.33 Å². The molecule has 3 N–H and O–H groups in total. The molecule has 0 aliphatic heterocycles. The summed E-state index contributed by atoms with van der Waals surface area (Å²) in [5, 5.41) is 7.55. The van der Waals surface area contributed by atoms with Crippen LogP contribution in [-0.2, 0) is 0 Å². The molecule has 0 aliphatic rings. The molecule has 1 aromatic carbocycles. The van der Waals surface area contributed by atoms with Crippen molar-refractivity contribution in [1.82, 2.24) is 9.55 Å². The first-order valence-corrected chi connectivity index (χ1v) is 5.05. The van der Waals surface area contributed by atoms with E-state index in [2.05, 4.69) is 4.98 Å². The smallest absolute Gasteiger partial charge is 0.124 e. The van der Waals surface area contributed by atoms with E-state index in [1.165, 1.54) is 0 Å². The van der Waals surface area contributed by atoms with E-state index < -0.39 is 0 Å². The van der Waals surface area contributed by atoms with Crippen molar-refractivity contribution in [3.05, 3.63) is 47.5 Å². The molecule has 4 nitrogen and oxygen atoms in total. The van der Waals surface area contributed by atoms with Crippen LogP contribution in [0.15, 0.2) is 30.6 Å². The molecule has 0 spiro atoms. The molecule has 0 amide bonds. The van der Waals surface area contributed by atoms with E-state index >= 15 is 0 Å². The number of hydrogen-bond donors (Lipinski definition) is 2. The van der Waals surface area contributed by atoms with Crippen LogP contribution >= 0.6 is 0 Å². The summed E-state index contributed by atoms with van der Waals surface area (Å²) in [6.07, 6.45) is 1.76. The normalized spacial score (nSPS) is 10.4. The molecule has 0 aliphatic carbocycles. The van der Waals surface area contributed by atoms with E-state index in [1.807, 2.05) is 42.7 Å². The predicted molar refractivity (Wildman–Crippen MR) is 64.1 cm³/mol. The fraction of sp³-hybridized carbons (Fsp3) is 0.167. The zero-order valence-corrected chi connectivity index (χ0v) is 9.36. The molecule has 0 unspecified atom stereocenters. The third-order valence-electron chi connectivity index (χ3n) is 2.71. The summed E-state index contributed by atoms with van der Waals surface area (Å²) in [6, 6.07) is 7.58. The highest BCUT2D eigenvalue weighted by Gasteiger charge is 2.09. The molecule has 0 saturated heterocycles. The van der Waals surface area contributed by atoms with Crippen LogP contribution in [0.2, 0.25) is 0 Å². The number of para-hydroxylation sites is 1. The Morgan fingerprint density at radius 3 is 2.56 bits per heavy atom. The first-order valence-electron chi connectivity index (χ1n) is 5.05. The van der Waals surface area contributed by atoms with Gasteiger partial charge in [0.2, 0.25) is 0 Å². The Bertz CT molecular complexity index is 540. The van der Waals surface area contributed by atoms with Gasteiger partial charge >= 0.3 is 0 Å². The van der Waals surface area contributed by atoms with Gasteiger partial charge < -0.3 is 10.3 Å². The van der Waals surface area contributed by atoms with E-state index in [-0.39, 0.29) is 5.84 Å². The SMILES string of the molecule is Cc1ncn(-c2ccccc2C(=N)N)c1C. The number of imidazole rings is 1. The second-order valence-electron chi connectivity index (χ2n) is 3.72. The van der Waals surface area contributed by atoms with Gasteiger partial charge in [-0.05, 0) is 26.0 Å². The Labute approximate surface area is 94.2 Å². The minimum absolute atomic E-state index is 0.0707. The number of nitrogens with one attached hydrogen (secondary N) is 1. The fourth-order valence-electron chi connectivity index (χ4n) is 1.65. The third-order valence-corrected chi connectivity index (χ3v) is 2.71. The molecular weight excluding hydrogens is 200 g/mol. The van der Waals surface area contributed by atoms with Crippen LogP contribution < -0.4 is 5.73 Å². The molecule has 4 heteroatoms. The summed E-state index contributed by atoms with van der Waals surface area (Å²) < 4.78 is 1.95. The molecule has 0 saturated carbocycles. The predicted octanol–water partition coefficient (Wildman–Crippen LogP) is 1.77. The molecule has 2 aromatic rings. The van der Waals surface area contributed by atoms with Crippen molar-refractivity contribution in [2.45, 2.75) is 13.8 Å². The quantitative estimate of drug-likeness (QED) is 0.591. The number of aryl methyl sites for hydroxylation is 1. The minimum atomic E-state index is 0.0707. The molecule has 0 fully saturated rings. The van der Waals surface area contributed by atoms with E-state index in [0.29, 0.717) is 0 Å². The number of benzene rings is 1. The van der Waals surface area contributed by atoms with Crippen molar-refractivity contribution in [2.75, 3.05) is 0 Å². The summed E-state index contributed by atoms with van der Waals surface area (Å²) in [6.45, 7) is 3.96. The summed E-state index contributed by atoms with van der Waals surface area (Å²) in [4.78, 5) is 4.24. The number of rotatable bonds is 2. The minimum Gasteiger partial charge on any atom is -0.384 e. The molecular formula is C12H14N4. The second-order valence-corrected chi connectivity index (χ2v) is 3.72. The zero-order valence-electron chi connectivity index (χ0n) is 9.36. The van der Waals surface area contributed by atoms with E-state index in [4.69, 9.17) is 11.1 Å². The lowest BCUT2D eigenvalue weighted by Gasteiger charge is -2.10. The Balaban J connectivity index is 2.64. The Hall–Kier alpha value is -2.10. The number of hydrogen-bond acceptors (Lipinski definition) is 2. The maximum atomic E-state index is 7.55. The summed E-state index contributed by atoms with van der Waals surface area (Å²) in [5.41, 5.74) is 9.23. The maximum Gasteiger partial charge on any atom is 0.124 e. The Kier molecular flexibility index (Phi) is 2.48. The van der Waals surface area contributed by atoms with Crippen LogP contribution in [0.25, 0.3) is 5.69 Å². The first-order chi connectivity index (χ1) is 7.61. The molecule has 0 atom stereocenters. The molecule has 82 valence electrons. The van der Waals surface area contributed by atoms with Gasteiger partial charge in [-0.2, -0.15) is 0 Å². The van der Waals surface area contributed by atoms with Gasteiger partial charge in [-0.25, -0.2) is 4.98 Å². The van der Waals surface area contributed by atoms with Crippen molar-refractivity contribution < 1.29 is 0 Å². The highest BCUT2D eigenvalue weighted by molar-refractivity contribution is 5.98. The topological polar surface area (TPSA) is 67.7 Å².